The number of halogens is 2. The van der Waals surface area contributed by atoms with E-state index in [1.165, 1.54) is 28.4 Å². The average Bonchev–Trinajstić information content (AvgIpc) is 4.13. The molecule has 3 aromatic carbocycles. The Labute approximate surface area is 382 Å². The summed E-state index contributed by atoms with van der Waals surface area (Å²) in [4.78, 5) is 81.0. The number of aryl methyl sites for hydroxylation is 1. The van der Waals surface area contributed by atoms with E-state index in [0.29, 0.717) is 91.9 Å². The Morgan fingerprint density at radius 1 is 0.894 bits per heavy atom. The second kappa shape index (κ2) is 17.6. The van der Waals surface area contributed by atoms with E-state index in [2.05, 4.69) is 30.8 Å². The van der Waals surface area contributed by atoms with Gasteiger partial charge in [0.25, 0.3) is 11.8 Å². The van der Waals surface area contributed by atoms with E-state index >= 15 is 8.78 Å². The molecule has 3 saturated heterocycles. The highest BCUT2D eigenvalue weighted by Gasteiger charge is 2.42. The van der Waals surface area contributed by atoms with Crippen LogP contribution in [0.1, 0.15) is 71.9 Å². The molecule has 342 valence electrons. The molecule has 4 N–H and O–H groups in total. The van der Waals surface area contributed by atoms with Crippen LogP contribution in [0.15, 0.2) is 72.5 Å². The molecule has 0 spiro atoms. The number of benzene rings is 3. The lowest BCUT2D eigenvalue weighted by atomic mass is 9.87. The molecule has 0 saturated carbocycles. The summed E-state index contributed by atoms with van der Waals surface area (Å²) in [6.45, 7) is 3.48. The highest BCUT2D eigenvalue weighted by Crippen LogP contribution is 2.39. The first-order chi connectivity index (χ1) is 31.9. The van der Waals surface area contributed by atoms with Crippen LogP contribution >= 0.6 is 11.3 Å². The number of imide groups is 1. The summed E-state index contributed by atoms with van der Waals surface area (Å²) in [7, 11) is 0. The lowest BCUT2D eigenvalue weighted by Crippen LogP contribution is -2.52. The van der Waals surface area contributed by atoms with Crippen molar-refractivity contribution in [2.45, 2.75) is 75.7 Å². The number of fused-ring (bicyclic) bond motifs is 2. The number of thiazole rings is 1. The van der Waals surface area contributed by atoms with Crippen molar-refractivity contribution < 1.29 is 37.9 Å². The first-order valence-electron chi connectivity index (χ1n) is 22.3. The Morgan fingerprint density at radius 3 is 2.41 bits per heavy atom. The number of rotatable bonds is 11. The van der Waals surface area contributed by atoms with Gasteiger partial charge < -0.3 is 34.6 Å². The van der Waals surface area contributed by atoms with Crippen molar-refractivity contribution in [3.05, 3.63) is 107 Å². The van der Waals surface area contributed by atoms with Gasteiger partial charge in [0.15, 0.2) is 11.2 Å². The van der Waals surface area contributed by atoms with E-state index in [1.54, 1.807) is 41.0 Å². The third kappa shape index (κ3) is 8.48. The number of anilines is 4. The lowest BCUT2D eigenvalue weighted by molar-refractivity contribution is -0.138. The second-order valence-electron chi connectivity index (χ2n) is 17.6. The van der Waals surface area contributed by atoms with E-state index in [1.807, 2.05) is 33.7 Å². The zero-order valence-corrected chi connectivity index (χ0v) is 36.8. The fourth-order valence-corrected chi connectivity index (χ4v) is 10.4. The molecule has 2 atom stereocenters. The molecule has 10 rings (SSSR count). The van der Waals surface area contributed by atoms with E-state index in [0.717, 1.165) is 30.8 Å². The summed E-state index contributed by atoms with van der Waals surface area (Å²) in [6, 6.07) is 13.7. The molecule has 0 radical (unpaired) electrons. The number of nitrogens with one attached hydrogen (secondary N) is 3. The average molecular weight is 919 g/mol. The molecule has 3 fully saturated rings. The molecule has 19 heteroatoms. The summed E-state index contributed by atoms with van der Waals surface area (Å²) < 4.78 is 33.2. The molecular formula is C47H48F2N10O6S. The quantitative estimate of drug-likeness (QED) is 0.133. The molecule has 0 aliphatic carbocycles. The number of hydrogen-bond acceptors (Lipinski definition) is 12. The molecule has 7 heterocycles. The van der Waals surface area contributed by atoms with Crippen molar-refractivity contribution in [3.63, 3.8) is 0 Å². The van der Waals surface area contributed by atoms with Gasteiger partial charge in [-0.05, 0) is 85.7 Å². The van der Waals surface area contributed by atoms with Crippen LogP contribution in [0.4, 0.5) is 31.0 Å². The molecule has 66 heavy (non-hydrogen) atoms. The molecule has 5 aliphatic rings. The maximum atomic E-state index is 16.0. The van der Waals surface area contributed by atoms with Gasteiger partial charge in [0, 0.05) is 92.0 Å². The first-order valence-corrected chi connectivity index (χ1v) is 23.2. The molecule has 5 amide bonds. The van der Waals surface area contributed by atoms with Crippen LogP contribution in [0.25, 0.3) is 11.1 Å². The van der Waals surface area contributed by atoms with Gasteiger partial charge in [-0.15, -0.1) is 11.3 Å². The highest BCUT2D eigenvalue weighted by atomic mass is 32.1. The topological polar surface area (TPSA) is 185 Å². The van der Waals surface area contributed by atoms with Crippen LogP contribution in [-0.2, 0) is 38.7 Å². The van der Waals surface area contributed by atoms with Crippen LogP contribution in [0.5, 0.6) is 0 Å². The summed E-state index contributed by atoms with van der Waals surface area (Å²) >= 11 is 1.26. The van der Waals surface area contributed by atoms with Gasteiger partial charge >= 0.3 is 0 Å². The largest absolute Gasteiger partial charge is 0.389 e. The molecule has 0 bridgehead atoms. The van der Waals surface area contributed by atoms with Crippen molar-refractivity contribution >= 4 is 63.1 Å². The van der Waals surface area contributed by atoms with Crippen molar-refractivity contribution in [1.29, 1.82) is 0 Å². The molecule has 16 nitrogen and oxygen atoms in total. The molecule has 2 aromatic heterocycles. The maximum absolute atomic E-state index is 16.0. The number of piperidine rings is 2. The number of amides is 5. The normalized spacial score (nSPS) is 19.7. The maximum Gasteiger partial charge on any atom is 0.255 e. The van der Waals surface area contributed by atoms with Gasteiger partial charge in [-0.2, -0.15) is 0 Å². The minimum Gasteiger partial charge on any atom is -0.389 e. The number of aliphatic hydroxyl groups is 1. The van der Waals surface area contributed by atoms with Gasteiger partial charge in [-0.3, -0.25) is 34.6 Å². The number of carbonyl (C=O) groups is 5. The van der Waals surface area contributed by atoms with Crippen molar-refractivity contribution in [2.75, 3.05) is 59.7 Å². The van der Waals surface area contributed by atoms with E-state index in [-0.39, 0.29) is 42.3 Å². The Morgan fingerprint density at radius 2 is 1.68 bits per heavy atom. The van der Waals surface area contributed by atoms with Crippen LogP contribution < -0.4 is 25.8 Å². The molecule has 5 aromatic rings. The third-order valence-electron chi connectivity index (χ3n) is 13.5. The SMILES string of the molecule is O=C1CCC(Nc2ccc(N3CCC(O)(CC(=O)N4CCN(c5ccc(-c6cc(F)c7c(c6)C(=O)N(C(C(=O)Nc6nccs6)c6ncn8c6CCC8)C7)cc5)CC4)CC3)c(F)c2)C(=O)N1. The fourth-order valence-electron chi connectivity index (χ4n) is 9.86. The fraction of sp³-hybridized carbons (Fsp3) is 0.383. The zero-order valence-electron chi connectivity index (χ0n) is 36.0. The Balaban J connectivity index is 0.735. The van der Waals surface area contributed by atoms with Crippen LogP contribution in [0.3, 0.4) is 0 Å². The third-order valence-corrected chi connectivity index (χ3v) is 14.2. The summed E-state index contributed by atoms with van der Waals surface area (Å²) in [5, 5.41) is 21.7. The number of piperazine rings is 1. The van der Waals surface area contributed by atoms with E-state index < -0.39 is 47.0 Å². The molecule has 2 unspecified atom stereocenters. The number of imidazole rings is 1. The van der Waals surface area contributed by atoms with Crippen molar-refractivity contribution in [1.82, 2.24) is 29.7 Å². The Kier molecular flexibility index (Phi) is 11.5. The smallest absolute Gasteiger partial charge is 0.255 e. The lowest BCUT2D eigenvalue weighted by Gasteiger charge is -2.41. The van der Waals surface area contributed by atoms with Gasteiger partial charge in [0.05, 0.1) is 36.3 Å². The number of aromatic nitrogens is 3. The van der Waals surface area contributed by atoms with Crippen LogP contribution in [0, 0.1) is 11.6 Å². The van der Waals surface area contributed by atoms with Gasteiger partial charge in [0.1, 0.15) is 17.7 Å². The number of nitrogens with zero attached hydrogens (tertiary/aromatic N) is 7. The van der Waals surface area contributed by atoms with Crippen LogP contribution in [0.2, 0.25) is 0 Å². The highest BCUT2D eigenvalue weighted by molar-refractivity contribution is 7.13. The van der Waals surface area contributed by atoms with Gasteiger partial charge in [-0.1, -0.05) is 12.1 Å². The summed E-state index contributed by atoms with van der Waals surface area (Å²) in [6.07, 6.45) is 5.98. The Hall–Kier alpha value is -6.73. The van der Waals surface area contributed by atoms with Gasteiger partial charge in [-0.25, -0.2) is 18.7 Å². The van der Waals surface area contributed by atoms with Gasteiger partial charge in [0.2, 0.25) is 17.7 Å². The monoisotopic (exact) mass is 918 g/mol. The number of carbonyl (C=O) groups excluding carboxylic acids is 5. The minimum atomic E-state index is -1.22. The predicted molar refractivity (Wildman–Crippen MR) is 242 cm³/mol. The first kappa shape index (κ1) is 43.2. The second-order valence-corrected chi connectivity index (χ2v) is 18.5. The van der Waals surface area contributed by atoms with Crippen molar-refractivity contribution in [3.8, 4) is 11.1 Å². The standard InChI is InChI=1S/C47H48F2N10O6S/c48-34-23-29(22-32-33(34)26-59(45(32)64)42(44(63)54-46-50-13-21-66-46)41-38-2-1-14-58(38)27-51-41)28-3-6-31(7-4-28)55-17-19-57(20-18-55)40(61)25-47(65)11-15-56(16-12-47)37-9-5-30(24-35(37)49)52-36-8-10-39(60)53-43(36)62/h3-7,9,13,21-24,27,36,42,52,65H,1-2,8,10-12,14-20,25-26H2,(H,50,54,63)(H,53,60,62). The van der Waals surface area contributed by atoms with Crippen LogP contribution in [-0.4, -0.2) is 110 Å². The van der Waals surface area contributed by atoms with E-state index in [4.69, 9.17) is 0 Å². The number of hydrogen-bond donors (Lipinski definition) is 4. The Bertz CT molecular complexity index is 2710. The van der Waals surface area contributed by atoms with E-state index in [9.17, 15) is 29.1 Å². The molecule has 5 aliphatic heterocycles. The molecular weight excluding hydrogens is 871 g/mol. The predicted octanol–water partition coefficient (Wildman–Crippen LogP) is 4.85. The summed E-state index contributed by atoms with van der Waals surface area (Å²) in [5.41, 5.74) is 3.56. The minimum absolute atomic E-state index is 0.0314. The zero-order chi connectivity index (χ0) is 45.7. The summed E-state index contributed by atoms with van der Waals surface area (Å²) in [5.74, 6) is -2.82. The van der Waals surface area contributed by atoms with Crippen molar-refractivity contribution in [2.24, 2.45) is 0 Å².